The molecule has 2 aromatic heterocycles. The molecule has 1 amide bonds. The van der Waals surface area contributed by atoms with Gasteiger partial charge in [0.15, 0.2) is 5.82 Å². The number of amides is 1. The van der Waals surface area contributed by atoms with Crippen molar-refractivity contribution in [2.24, 2.45) is 0 Å². The van der Waals surface area contributed by atoms with Crippen molar-refractivity contribution in [2.75, 3.05) is 5.32 Å². The van der Waals surface area contributed by atoms with Gasteiger partial charge in [0.25, 0.3) is 0 Å². The van der Waals surface area contributed by atoms with Crippen LogP contribution in [0.1, 0.15) is 17.7 Å². The molecule has 0 aliphatic rings. The normalized spacial score (nSPS) is 10.8. The molecule has 1 N–H and O–H groups in total. The second-order valence-electron chi connectivity index (χ2n) is 5.59. The van der Waals surface area contributed by atoms with E-state index < -0.39 is 0 Å². The number of aromatic nitrogens is 4. The Morgan fingerprint density at radius 2 is 1.96 bits per heavy atom. The Kier molecular flexibility index (Phi) is 5.40. The molecule has 3 aromatic rings. The van der Waals surface area contributed by atoms with Crippen molar-refractivity contribution >= 4 is 34.9 Å². The highest BCUT2D eigenvalue weighted by Crippen LogP contribution is 2.25. The van der Waals surface area contributed by atoms with Gasteiger partial charge in [-0.2, -0.15) is 10.2 Å². The van der Waals surface area contributed by atoms with Gasteiger partial charge in [0.05, 0.1) is 6.54 Å². The van der Waals surface area contributed by atoms with Crippen molar-refractivity contribution < 1.29 is 4.79 Å². The quantitative estimate of drug-likeness (QED) is 0.710. The lowest BCUT2D eigenvalue weighted by atomic mass is 10.2. The summed E-state index contributed by atoms with van der Waals surface area (Å²) in [4.78, 5) is 12.1. The van der Waals surface area contributed by atoms with Gasteiger partial charge in [-0.1, -0.05) is 29.3 Å². The van der Waals surface area contributed by atoms with Crippen LogP contribution in [0, 0.1) is 6.92 Å². The SMILES string of the molecule is Cc1ccnn1CCC(=O)Nc1ccn(Cc2c(Cl)cccc2Cl)n1. The maximum Gasteiger partial charge on any atom is 0.227 e. The molecule has 0 unspecified atom stereocenters. The Hall–Kier alpha value is -2.31. The zero-order chi connectivity index (χ0) is 17.8. The van der Waals surface area contributed by atoms with E-state index in [2.05, 4.69) is 15.5 Å². The van der Waals surface area contributed by atoms with Crippen LogP contribution in [0.5, 0.6) is 0 Å². The van der Waals surface area contributed by atoms with Gasteiger partial charge in [0.2, 0.25) is 5.91 Å². The first-order chi connectivity index (χ1) is 12.0. The number of carbonyl (C=O) groups excluding carboxylic acids is 1. The Morgan fingerprint density at radius 3 is 2.64 bits per heavy atom. The molecule has 6 nitrogen and oxygen atoms in total. The number of rotatable bonds is 6. The van der Waals surface area contributed by atoms with E-state index in [0.29, 0.717) is 35.4 Å². The molecule has 25 heavy (non-hydrogen) atoms. The van der Waals surface area contributed by atoms with Crippen molar-refractivity contribution in [1.82, 2.24) is 19.6 Å². The summed E-state index contributed by atoms with van der Waals surface area (Å²) < 4.78 is 3.47. The number of aryl methyl sites for hydroxylation is 2. The number of nitrogens with zero attached hydrogens (tertiary/aromatic N) is 4. The van der Waals surface area contributed by atoms with Gasteiger partial charge in [-0.3, -0.25) is 14.2 Å². The van der Waals surface area contributed by atoms with Crippen molar-refractivity contribution in [3.8, 4) is 0 Å². The van der Waals surface area contributed by atoms with Gasteiger partial charge in [0, 0.05) is 52.7 Å². The number of hydrogen-bond acceptors (Lipinski definition) is 3. The topological polar surface area (TPSA) is 64.7 Å². The average molecular weight is 378 g/mol. The summed E-state index contributed by atoms with van der Waals surface area (Å²) in [5.74, 6) is 0.376. The molecule has 1 aromatic carbocycles. The summed E-state index contributed by atoms with van der Waals surface area (Å²) in [7, 11) is 0. The van der Waals surface area contributed by atoms with Gasteiger partial charge in [-0.15, -0.1) is 0 Å². The Bertz CT molecular complexity index is 867. The van der Waals surface area contributed by atoms with Crippen LogP contribution in [-0.4, -0.2) is 25.5 Å². The Balaban J connectivity index is 1.58. The van der Waals surface area contributed by atoms with E-state index in [1.54, 1.807) is 46.0 Å². The first-order valence-electron chi connectivity index (χ1n) is 7.77. The molecular formula is C17H17Cl2N5O. The summed E-state index contributed by atoms with van der Waals surface area (Å²) in [5.41, 5.74) is 1.81. The lowest BCUT2D eigenvalue weighted by Gasteiger charge is -2.07. The minimum absolute atomic E-state index is 0.115. The maximum atomic E-state index is 12.1. The molecule has 2 heterocycles. The van der Waals surface area contributed by atoms with Crippen LogP contribution in [-0.2, 0) is 17.9 Å². The molecule has 130 valence electrons. The number of halogens is 2. The lowest BCUT2D eigenvalue weighted by molar-refractivity contribution is -0.116. The number of hydrogen-bond donors (Lipinski definition) is 1. The second-order valence-corrected chi connectivity index (χ2v) is 6.41. The fourth-order valence-corrected chi connectivity index (χ4v) is 2.92. The molecule has 0 bridgehead atoms. The number of benzene rings is 1. The van der Waals surface area contributed by atoms with Crippen LogP contribution in [0.3, 0.4) is 0 Å². The monoisotopic (exact) mass is 377 g/mol. The average Bonchev–Trinajstić information content (AvgIpc) is 3.18. The summed E-state index contributed by atoms with van der Waals surface area (Å²) in [6, 6.07) is 9.00. The Labute approximate surface area is 155 Å². The molecule has 0 aliphatic carbocycles. The van der Waals surface area contributed by atoms with Crippen LogP contribution in [0.15, 0.2) is 42.7 Å². The molecular weight excluding hydrogens is 361 g/mol. The first-order valence-corrected chi connectivity index (χ1v) is 8.53. The molecule has 3 rings (SSSR count). The summed E-state index contributed by atoms with van der Waals surface area (Å²) in [6.45, 7) is 2.91. The van der Waals surface area contributed by atoms with Crippen LogP contribution in [0.4, 0.5) is 5.82 Å². The van der Waals surface area contributed by atoms with Crippen LogP contribution in [0.25, 0.3) is 0 Å². The van der Waals surface area contributed by atoms with E-state index in [0.717, 1.165) is 11.3 Å². The van der Waals surface area contributed by atoms with Gasteiger partial charge < -0.3 is 5.32 Å². The van der Waals surface area contributed by atoms with Crippen molar-refractivity contribution in [3.05, 3.63) is 64.0 Å². The predicted molar refractivity (Wildman–Crippen MR) is 98.0 cm³/mol. The summed E-state index contributed by atoms with van der Waals surface area (Å²) in [6.07, 6.45) is 3.81. The lowest BCUT2D eigenvalue weighted by Crippen LogP contribution is -2.16. The third-order valence-corrected chi connectivity index (χ3v) is 4.48. The summed E-state index contributed by atoms with van der Waals surface area (Å²) in [5, 5.41) is 12.4. The van der Waals surface area contributed by atoms with Crippen molar-refractivity contribution in [1.29, 1.82) is 0 Å². The van der Waals surface area contributed by atoms with Gasteiger partial charge in [-0.25, -0.2) is 0 Å². The summed E-state index contributed by atoms with van der Waals surface area (Å²) >= 11 is 12.3. The molecule has 0 atom stereocenters. The highest BCUT2D eigenvalue weighted by Gasteiger charge is 2.09. The van der Waals surface area contributed by atoms with E-state index in [-0.39, 0.29) is 5.91 Å². The minimum atomic E-state index is -0.115. The van der Waals surface area contributed by atoms with Crippen LogP contribution >= 0.6 is 23.2 Å². The van der Waals surface area contributed by atoms with Gasteiger partial charge in [0.1, 0.15) is 0 Å². The van der Waals surface area contributed by atoms with Crippen LogP contribution < -0.4 is 5.32 Å². The van der Waals surface area contributed by atoms with E-state index in [9.17, 15) is 4.79 Å². The first kappa shape index (κ1) is 17.5. The minimum Gasteiger partial charge on any atom is -0.309 e. The molecule has 0 saturated heterocycles. The van der Waals surface area contributed by atoms with E-state index in [1.165, 1.54) is 0 Å². The second kappa shape index (κ2) is 7.72. The maximum absolute atomic E-state index is 12.1. The number of carbonyl (C=O) groups is 1. The van der Waals surface area contributed by atoms with E-state index >= 15 is 0 Å². The molecule has 0 saturated carbocycles. The van der Waals surface area contributed by atoms with E-state index in [4.69, 9.17) is 23.2 Å². The predicted octanol–water partition coefficient (Wildman–Crippen LogP) is 3.77. The van der Waals surface area contributed by atoms with E-state index in [1.807, 2.05) is 13.0 Å². The Morgan fingerprint density at radius 1 is 1.20 bits per heavy atom. The zero-order valence-electron chi connectivity index (χ0n) is 13.6. The number of anilines is 1. The molecule has 0 radical (unpaired) electrons. The third-order valence-electron chi connectivity index (χ3n) is 3.77. The van der Waals surface area contributed by atoms with Crippen LogP contribution in [0.2, 0.25) is 10.0 Å². The zero-order valence-corrected chi connectivity index (χ0v) is 15.1. The highest BCUT2D eigenvalue weighted by molar-refractivity contribution is 6.35. The van der Waals surface area contributed by atoms with Gasteiger partial charge in [-0.05, 0) is 25.1 Å². The fourth-order valence-electron chi connectivity index (χ4n) is 2.41. The molecule has 8 heteroatoms. The molecule has 0 fully saturated rings. The van der Waals surface area contributed by atoms with Crippen molar-refractivity contribution in [2.45, 2.75) is 26.4 Å². The van der Waals surface area contributed by atoms with Gasteiger partial charge >= 0.3 is 0 Å². The largest absolute Gasteiger partial charge is 0.309 e. The smallest absolute Gasteiger partial charge is 0.227 e. The molecule has 0 aliphatic heterocycles. The molecule has 0 spiro atoms. The standard InChI is InChI=1S/C17H17Cl2N5O/c1-12-5-8-20-24(12)10-7-17(25)21-16-6-9-23(22-16)11-13-14(18)3-2-4-15(13)19/h2-6,8-9H,7,10-11H2,1H3,(H,21,22,25). The fraction of sp³-hybridized carbons (Fsp3) is 0.235. The van der Waals surface area contributed by atoms with Crippen molar-refractivity contribution in [3.63, 3.8) is 0 Å². The number of nitrogens with one attached hydrogen (secondary N) is 1. The third kappa shape index (κ3) is 4.41. The highest BCUT2D eigenvalue weighted by atomic mass is 35.5.